The number of pyridine rings is 1. The molecule has 0 aliphatic heterocycles. The van der Waals surface area contributed by atoms with E-state index in [1.807, 2.05) is 0 Å². The van der Waals surface area contributed by atoms with Gasteiger partial charge in [0.25, 0.3) is 0 Å². The highest BCUT2D eigenvalue weighted by molar-refractivity contribution is 5.29. The van der Waals surface area contributed by atoms with Crippen LogP contribution in [0.1, 0.15) is 5.56 Å². The Morgan fingerprint density at radius 2 is 2.44 bits per heavy atom. The Labute approximate surface area is 52.5 Å². The molecule has 1 heterocycles. The highest BCUT2D eigenvalue weighted by Gasteiger charge is 1.88. The average molecular weight is 121 g/mol. The summed E-state index contributed by atoms with van der Waals surface area (Å²) in [7, 11) is 0. The van der Waals surface area contributed by atoms with Crippen LogP contribution in [0.2, 0.25) is 0 Å². The van der Waals surface area contributed by atoms with Gasteiger partial charge < -0.3 is 0 Å². The summed E-state index contributed by atoms with van der Waals surface area (Å²) in [5.41, 5.74) is 0.516. The average Bonchev–Trinajstić information content (AvgIpc) is 1.88. The molecule has 9 heavy (non-hydrogen) atoms. The van der Waals surface area contributed by atoms with Crippen LogP contribution in [0.3, 0.4) is 0 Å². The fourth-order valence-electron chi connectivity index (χ4n) is 0.492. The summed E-state index contributed by atoms with van der Waals surface area (Å²) in [5, 5.41) is 0. The molecule has 0 bridgehead atoms. The number of rotatable bonds is 0. The lowest BCUT2D eigenvalue weighted by Crippen LogP contribution is -1.81. The standard InChI is InChI=1S/C7H4FN/c1-2-6-3-4-9-7(8)5-6/h1,3-5H. The minimum atomic E-state index is -0.537. The van der Waals surface area contributed by atoms with Gasteiger partial charge in [0, 0.05) is 17.8 Å². The zero-order valence-electron chi connectivity index (χ0n) is 4.63. The molecule has 1 nitrogen and oxygen atoms in total. The Kier molecular flexibility index (Phi) is 1.46. The molecule has 0 aliphatic carbocycles. The molecule has 0 aromatic carbocycles. The summed E-state index contributed by atoms with van der Waals surface area (Å²) in [5.74, 6) is 1.75. The molecular weight excluding hydrogens is 117 g/mol. The van der Waals surface area contributed by atoms with Crippen LogP contribution < -0.4 is 0 Å². The van der Waals surface area contributed by atoms with Gasteiger partial charge in [0.15, 0.2) is 0 Å². The van der Waals surface area contributed by atoms with Crippen LogP contribution in [0.5, 0.6) is 0 Å². The normalized spacial score (nSPS) is 8.44. The number of hydrogen-bond acceptors (Lipinski definition) is 1. The highest BCUT2D eigenvalue weighted by atomic mass is 19.1. The first-order valence-electron chi connectivity index (χ1n) is 2.41. The summed E-state index contributed by atoms with van der Waals surface area (Å²) in [4.78, 5) is 3.33. The summed E-state index contributed by atoms with van der Waals surface area (Å²) in [6.45, 7) is 0. The Balaban J connectivity index is 3.12. The Bertz CT molecular complexity index is 249. The molecule has 1 aromatic heterocycles. The topological polar surface area (TPSA) is 12.9 Å². The van der Waals surface area contributed by atoms with E-state index in [0.29, 0.717) is 5.56 Å². The van der Waals surface area contributed by atoms with Crippen LogP contribution >= 0.6 is 0 Å². The van der Waals surface area contributed by atoms with E-state index in [2.05, 4.69) is 10.9 Å². The van der Waals surface area contributed by atoms with Gasteiger partial charge in [0.1, 0.15) is 0 Å². The first-order chi connectivity index (χ1) is 4.33. The molecule has 2 heteroatoms. The van der Waals surface area contributed by atoms with E-state index >= 15 is 0 Å². The monoisotopic (exact) mass is 121 g/mol. The second-order valence-corrected chi connectivity index (χ2v) is 1.51. The van der Waals surface area contributed by atoms with Gasteiger partial charge in [0.05, 0.1) is 0 Å². The van der Waals surface area contributed by atoms with E-state index in [1.54, 1.807) is 6.07 Å². The van der Waals surface area contributed by atoms with E-state index in [0.717, 1.165) is 0 Å². The van der Waals surface area contributed by atoms with Crippen LogP contribution in [-0.4, -0.2) is 4.98 Å². The van der Waals surface area contributed by atoms with Gasteiger partial charge >= 0.3 is 0 Å². The molecule has 0 atom stereocenters. The maximum atomic E-state index is 12.1. The first kappa shape index (κ1) is 5.77. The van der Waals surface area contributed by atoms with E-state index < -0.39 is 5.95 Å². The highest BCUT2D eigenvalue weighted by Crippen LogP contribution is 1.96. The van der Waals surface area contributed by atoms with E-state index in [-0.39, 0.29) is 0 Å². The van der Waals surface area contributed by atoms with Crippen LogP contribution in [0.25, 0.3) is 0 Å². The van der Waals surface area contributed by atoms with Crippen molar-refractivity contribution in [1.82, 2.24) is 4.98 Å². The zero-order chi connectivity index (χ0) is 6.69. The summed E-state index contributed by atoms with van der Waals surface area (Å²) in [6, 6.07) is 2.78. The van der Waals surface area contributed by atoms with Gasteiger partial charge in [-0.15, -0.1) is 6.42 Å². The van der Waals surface area contributed by atoms with Gasteiger partial charge in [-0.25, -0.2) is 4.98 Å². The van der Waals surface area contributed by atoms with Crippen LogP contribution in [0.15, 0.2) is 18.3 Å². The maximum Gasteiger partial charge on any atom is 0.214 e. The minimum absolute atomic E-state index is 0.516. The molecule has 0 amide bonds. The van der Waals surface area contributed by atoms with Crippen molar-refractivity contribution in [3.05, 3.63) is 29.8 Å². The van der Waals surface area contributed by atoms with Crippen LogP contribution in [-0.2, 0) is 0 Å². The van der Waals surface area contributed by atoms with Crippen molar-refractivity contribution in [3.8, 4) is 12.3 Å². The third-order valence-corrected chi connectivity index (χ3v) is 0.893. The molecule has 0 N–H and O–H groups in total. The first-order valence-corrected chi connectivity index (χ1v) is 2.41. The molecule has 1 rings (SSSR count). The Morgan fingerprint density at radius 1 is 1.67 bits per heavy atom. The van der Waals surface area contributed by atoms with Crippen molar-refractivity contribution in [1.29, 1.82) is 0 Å². The van der Waals surface area contributed by atoms with Crippen molar-refractivity contribution in [2.75, 3.05) is 0 Å². The third kappa shape index (κ3) is 1.26. The lowest BCUT2D eigenvalue weighted by molar-refractivity contribution is 0.583. The van der Waals surface area contributed by atoms with Crippen molar-refractivity contribution < 1.29 is 4.39 Å². The molecular formula is C7H4FN. The molecule has 0 saturated carbocycles. The lowest BCUT2D eigenvalue weighted by atomic mass is 10.3. The maximum absolute atomic E-state index is 12.1. The van der Waals surface area contributed by atoms with Crippen molar-refractivity contribution >= 4 is 0 Å². The number of terminal acetylenes is 1. The van der Waals surface area contributed by atoms with Gasteiger partial charge in [-0.3, -0.25) is 0 Å². The van der Waals surface area contributed by atoms with E-state index in [9.17, 15) is 4.39 Å². The van der Waals surface area contributed by atoms with Crippen molar-refractivity contribution in [2.24, 2.45) is 0 Å². The molecule has 0 radical (unpaired) electrons. The van der Waals surface area contributed by atoms with Crippen molar-refractivity contribution in [2.45, 2.75) is 0 Å². The SMILES string of the molecule is C#Cc1ccnc(F)c1. The lowest BCUT2D eigenvalue weighted by Gasteiger charge is -1.86. The molecule has 1 aromatic rings. The smallest absolute Gasteiger partial charge is 0.214 e. The largest absolute Gasteiger partial charge is 0.228 e. The summed E-state index contributed by atoms with van der Waals surface area (Å²) in [6.07, 6.45) is 6.31. The number of nitrogens with zero attached hydrogens (tertiary/aromatic N) is 1. The van der Waals surface area contributed by atoms with Gasteiger partial charge in [-0.1, -0.05) is 5.92 Å². The number of aromatic nitrogens is 1. The zero-order valence-corrected chi connectivity index (χ0v) is 4.63. The fraction of sp³-hybridized carbons (Fsp3) is 0. The number of hydrogen-bond donors (Lipinski definition) is 0. The molecule has 0 fully saturated rings. The second kappa shape index (κ2) is 2.27. The Hall–Kier alpha value is -1.36. The van der Waals surface area contributed by atoms with E-state index in [1.165, 1.54) is 12.3 Å². The van der Waals surface area contributed by atoms with Gasteiger partial charge in [0.2, 0.25) is 5.95 Å². The summed E-state index contributed by atoms with van der Waals surface area (Å²) < 4.78 is 12.1. The number of halogens is 1. The van der Waals surface area contributed by atoms with Gasteiger partial charge in [-0.2, -0.15) is 4.39 Å². The molecule has 0 unspecified atom stereocenters. The van der Waals surface area contributed by atoms with Crippen LogP contribution in [0.4, 0.5) is 4.39 Å². The second-order valence-electron chi connectivity index (χ2n) is 1.51. The summed E-state index contributed by atoms with van der Waals surface area (Å²) >= 11 is 0. The minimum Gasteiger partial charge on any atom is -0.228 e. The van der Waals surface area contributed by atoms with E-state index in [4.69, 9.17) is 6.42 Å². The third-order valence-electron chi connectivity index (χ3n) is 0.893. The molecule has 0 aliphatic rings. The molecule has 0 saturated heterocycles. The fourth-order valence-corrected chi connectivity index (χ4v) is 0.492. The molecule has 44 valence electrons. The van der Waals surface area contributed by atoms with Crippen LogP contribution in [0, 0.1) is 18.3 Å². The predicted molar refractivity (Wildman–Crippen MR) is 32.1 cm³/mol. The quantitative estimate of drug-likeness (QED) is 0.371. The Morgan fingerprint density at radius 3 is 2.89 bits per heavy atom. The molecule has 0 spiro atoms. The van der Waals surface area contributed by atoms with Crippen molar-refractivity contribution in [3.63, 3.8) is 0 Å². The predicted octanol–water partition coefficient (Wildman–Crippen LogP) is 1.20. The van der Waals surface area contributed by atoms with Gasteiger partial charge in [-0.05, 0) is 6.07 Å².